The van der Waals surface area contributed by atoms with Crippen LogP contribution in [0, 0.1) is 17.1 Å². The minimum Gasteiger partial charge on any atom is -0.349 e. The van der Waals surface area contributed by atoms with Gasteiger partial charge in [-0.15, -0.1) is 0 Å². The molecule has 1 aliphatic rings. The van der Waals surface area contributed by atoms with Crippen LogP contribution in [-0.2, 0) is 6.54 Å². The number of carbonyl (C=O) groups is 1. The zero-order valence-electron chi connectivity index (χ0n) is 14.1. The quantitative estimate of drug-likeness (QED) is 0.580. The molecule has 0 aromatic heterocycles. The van der Waals surface area contributed by atoms with Crippen LogP contribution in [0.2, 0.25) is 0 Å². The molecule has 0 saturated heterocycles. The van der Waals surface area contributed by atoms with E-state index in [1.165, 1.54) is 30.3 Å². The number of allylic oxidation sites excluding steroid dienone is 4. The van der Waals surface area contributed by atoms with E-state index in [1.807, 2.05) is 47.6 Å². The molecular weight excluding hydrogens is 327 g/mol. The van der Waals surface area contributed by atoms with Crippen LogP contribution < -0.4 is 0 Å². The van der Waals surface area contributed by atoms with Gasteiger partial charge in [-0.2, -0.15) is 5.26 Å². The number of halogens is 1. The molecule has 2 aromatic rings. The normalized spacial score (nSPS) is 13.9. The van der Waals surface area contributed by atoms with E-state index in [2.05, 4.69) is 6.07 Å². The lowest BCUT2D eigenvalue weighted by Gasteiger charge is -2.22. The predicted molar refractivity (Wildman–Crippen MR) is 98.3 cm³/mol. The molecule has 3 rings (SSSR count). The molecule has 0 N–H and O–H groups in total. The summed E-state index contributed by atoms with van der Waals surface area (Å²) in [6.45, 7) is 0.648. The first kappa shape index (κ1) is 17.4. The highest BCUT2D eigenvalue weighted by atomic mass is 19.1. The van der Waals surface area contributed by atoms with Gasteiger partial charge in [-0.3, -0.25) is 4.79 Å². The molecule has 1 heterocycles. The van der Waals surface area contributed by atoms with Crippen LogP contribution in [0.15, 0.2) is 90.3 Å². The Hall–Kier alpha value is -3.45. The molecule has 1 aliphatic heterocycles. The summed E-state index contributed by atoms with van der Waals surface area (Å²) in [5.74, 6) is -0.575. The second-order valence-electron chi connectivity index (χ2n) is 6.01. The minimum absolute atomic E-state index is 0.200. The maximum Gasteiger partial charge on any atom is 0.185 e. The van der Waals surface area contributed by atoms with Crippen LogP contribution in [0.4, 0.5) is 4.39 Å². The molecule has 0 bridgehead atoms. The summed E-state index contributed by atoms with van der Waals surface area (Å²) < 4.78 is 12.9. The summed E-state index contributed by atoms with van der Waals surface area (Å²) in [7, 11) is 0. The van der Waals surface area contributed by atoms with Gasteiger partial charge in [0.05, 0.1) is 11.6 Å². The summed E-state index contributed by atoms with van der Waals surface area (Å²) in [6.07, 6.45) is 7.41. The van der Waals surface area contributed by atoms with E-state index in [0.29, 0.717) is 24.1 Å². The van der Waals surface area contributed by atoms with E-state index < -0.39 is 0 Å². The van der Waals surface area contributed by atoms with Crippen molar-refractivity contribution >= 4 is 5.78 Å². The van der Waals surface area contributed by atoms with Crippen LogP contribution in [0.3, 0.4) is 0 Å². The average Bonchev–Trinajstić information content (AvgIpc) is 2.67. The Morgan fingerprint density at radius 2 is 1.85 bits per heavy atom. The van der Waals surface area contributed by atoms with Crippen molar-refractivity contribution in [3.63, 3.8) is 0 Å². The van der Waals surface area contributed by atoms with E-state index in [9.17, 15) is 14.4 Å². The van der Waals surface area contributed by atoms with Gasteiger partial charge in [0, 0.05) is 30.9 Å². The van der Waals surface area contributed by atoms with E-state index in [4.69, 9.17) is 0 Å². The van der Waals surface area contributed by atoms with Crippen molar-refractivity contribution in [2.24, 2.45) is 0 Å². The zero-order valence-corrected chi connectivity index (χ0v) is 14.1. The van der Waals surface area contributed by atoms with Crippen molar-refractivity contribution in [1.29, 1.82) is 5.26 Å². The zero-order chi connectivity index (χ0) is 18.4. The lowest BCUT2D eigenvalue weighted by atomic mass is 10.0. The Labute approximate surface area is 152 Å². The van der Waals surface area contributed by atoms with Gasteiger partial charge in [-0.05, 0) is 41.5 Å². The molecule has 0 spiro atoms. The highest BCUT2D eigenvalue weighted by Crippen LogP contribution is 2.21. The van der Waals surface area contributed by atoms with Crippen LogP contribution in [0.25, 0.3) is 0 Å². The highest BCUT2D eigenvalue weighted by molar-refractivity contribution is 6.04. The summed E-state index contributed by atoms with van der Waals surface area (Å²) >= 11 is 0. The topological polar surface area (TPSA) is 44.1 Å². The average molecular weight is 344 g/mol. The van der Waals surface area contributed by atoms with Gasteiger partial charge in [-0.1, -0.05) is 36.4 Å². The van der Waals surface area contributed by atoms with Gasteiger partial charge in [-0.25, -0.2) is 4.39 Å². The largest absolute Gasteiger partial charge is 0.349 e. The highest BCUT2D eigenvalue weighted by Gasteiger charge is 2.11. The molecule has 0 radical (unpaired) electrons. The Morgan fingerprint density at radius 3 is 2.54 bits per heavy atom. The van der Waals surface area contributed by atoms with Gasteiger partial charge in [0.25, 0.3) is 0 Å². The molecule has 0 aliphatic carbocycles. The lowest BCUT2D eigenvalue weighted by Crippen LogP contribution is -2.14. The van der Waals surface area contributed by atoms with Gasteiger partial charge in [0.2, 0.25) is 0 Å². The first-order chi connectivity index (χ1) is 12.6. The third-order valence-electron chi connectivity index (χ3n) is 3.98. The van der Waals surface area contributed by atoms with E-state index in [-0.39, 0.29) is 11.6 Å². The fourth-order valence-corrected chi connectivity index (χ4v) is 2.71. The molecule has 2 aromatic carbocycles. The van der Waals surface area contributed by atoms with E-state index >= 15 is 0 Å². The van der Waals surface area contributed by atoms with Crippen LogP contribution in [0.1, 0.15) is 22.3 Å². The Bertz CT molecular complexity index is 919. The minimum atomic E-state index is -0.374. The Balaban J connectivity index is 1.74. The molecule has 0 fully saturated rings. The standard InChI is InChI=1S/C22H17FN2O/c23-21-9-7-20(8-10-21)22(26)11-6-18-12-19(13-24)16-25(15-18)14-17-4-2-1-3-5-17/h1-11,15-16H,12,14H2/b11-6+. The third-order valence-corrected chi connectivity index (χ3v) is 3.98. The van der Waals surface area contributed by atoms with Gasteiger partial charge in [0.15, 0.2) is 5.78 Å². The molecule has 4 heteroatoms. The van der Waals surface area contributed by atoms with E-state index in [1.54, 1.807) is 6.08 Å². The second-order valence-corrected chi connectivity index (χ2v) is 6.01. The molecule has 0 atom stereocenters. The number of hydrogen-bond donors (Lipinski definition) is 0. The van der Waals surface area contributed by atoms with Crippen LogP contribution in [-0.4, -0.2) is 10.7 Å². The third kappa shape index (κ3) is 4.55. The maximum atomic E-state index is 12.9. The molecule has 128 valence electrons. The van der Waals surface area contributed by atoms with Gasteiger partial charge in [0.1, 0.15) is 5.82 Å². The van der Waals surface area contributed by atoms with Gasteiger partial charge < -0.3 is 4.90 Å². The van der Waals surface area contributed by atoms with Crippen molar-refractivity contribution in [3.05, 3.63) is 107 Å². The number of hydrogen-bond acceptors (Lipinski definition) is 3. The Kier molecular flexibility index (Phi) is 5.40. The number of nitriles is 1. The first-order valence-electron chi connectivity index (χ1n) is 8.23. The van der Waals surface area contributed by atoms with Crippen LogP contribution >= 0.6 is 0 Å². The summed E-state index contributed by atoms with van der Waals surface area (Å²) in [6, 6.07) is 17.6. The van der Waals surface area contributed by atoms with Crippen molar-refractivity contribution in [2.75, 3.05) is 0 Å². The number of nitrogens with zero attached hydrogens (tertiary/aromatic N) is 2. The van der Waals surface area contributed by atoms with E-state index in [0.717, 1.165) is 11.1 Å². The van der Waals surface area contributed by atoms with Crippen molar-refractivity contribution in [2.45, 2.75) is 13.0 Å². The molecule has 26 heavy (non-hydrogen) atoms. The molecule has 0 unspecified atom stereocenters. The molecule has 0 saturated carbocycles. The van der Waals surface area contributed by atoms with Gasteiger partial charge >= 0.3 is 0 Å². The molecule has 0 amide bonds. The lowest BCUT2D eigenvalue weighted by molar-refractivity contribution is 0.104. The van der Waals surface area contributed by atoms with Crippen molar-refractivity contribution in [3.8, 4) is 6.07 Å². The van der Waals surface area contributed by atoms with Crippen molar-refractivity contribution in [1.82, 2.24) is 4.90 Å². The summed E-state index contributed by atoms with van der Waals surface area (Å²) in [4.78, 5) is 14.1. The predicted octanol–water partition coefficient (Wildman–Crippen LogP) is 4.76. The summed E-state index contributed by atoms with van der Waals surface area (Å²) in [5.41, 5.74) is 3.06. The molecule has 3 nitrogen and oxygen atoms in total. The van der Waals surface area contributed by atoms with Crippen molar-refractivity contribution < 1.29 is 9.18 Å². The fourth-order valence-electron chi connectivity index (χ4n) is 2.71. The number of ketones is 1. The second kappa shape index (κ2) is 8.09. The molecular formula is C22H17FN2O. The smallest absolute Gasteiger partial charge is 0.185 e. The summed E-state index contributed by atoms with van der Waals surface area (Å²) in [5, 5.41) is 9.28. The SMILES string of the molecule is N#CC1=CN(Cc2ccccc2)C=C(/C=C/C(=O)c2ccc(F)cc2)C1. The number of carbonyl (C=O) groups excluding carboxylic acids is 1. The number of benzene rings is 2. The first-order valence-corrected chi connectivity index (χ1v) is 8.23. The van der Waals surface area contributed by atoms with Crippen LogP contribution in [0.5, 0.6) is 0 Å². The fraction of sp³-hybridized carbons (Fsp3) is 0.0909. The Morgan fingerprint density at radius 1 is 1.12 bits per heavy atom. The maximum absolute atomic E-state index is 12.9. The monoisotopic (exact) mass is 344 g/mol. The number of rotatable bonds is 5.